The number of carbonyl (C=O) groups excluding carboxylic acids is 1. The molecule has 1 rings (SSSR count). The zero-order valence-corrected chi connectivity index (χ0v) is 17.1. The molecule has 5 nitrogen and oxygen atoms in total. The fraction of sp³-hybridized carbons (Fsp3) is 0.941. The van der Waals surface area contributed by atoms with Gasteiger partial charge in [-0.05, 0) is 51.7 Å². The Morgan fingerprint density at radius 3 is 2.09 bits per heavy atom. The molecule has 0 aromatic rings. The first kappa shape index (κ1) is 20.5. The van der Waals surface area contributed by atoms with E-state index in [-0.39, 0.29) is 29.8 Å². The van der Waals surface area contributed by atoms with Crippen molar-refractivity contribution in [3.05, 3.63) is 0 Å². The third-order valence-electron chi connectivity index (χ3n) is 4.88. The van der Waals surface area contributed by atoms with E-state index in [4.69, 9.17) is 9.16 Å². The van der Waals surface area contributed by atoms with Crippen molar-refractivity contribution in [2.75, 3.05) is 13.2 Å². The first-order valence-electron chi connectivity index (χ1n) is 8.54. The Balaban J connectivity index is 2.79. The van der Waals surface area contributed by atoms with Gasteiger partial charge in [-0.15, -0.1) is 0 Å². The minimum atomic E-state index is -1.86. The Morgan fingerprint density at radius 1 is 1.13 bits per heavy atom. The quantitative estimate of drug-likeness (QED) is 0.788. The van der Waals surface area contributed by atoms with Crippen LogP contribution in [0.2, 0.25) is 18.1 Å². The zero-order chi connectivity index (χ0) is 18.1. The summed E-state index contributed by atoms with van der Waals surface area (Å²) >= 11 is 0. The number of amides is 1. The summed E-state index contributed by atoms with van der Waals surface area (Å²) < 4.78 is 11.8. The molecular weight excluding hydrogens is 310 g/mol. The number of likely N-dealkylation sites (tertiary alicyclic amines) is 1. The maximum Gasteiger partial charge on any atom is 0.410 e. The molecule has 1 amide bonds. The number of ether oxygens (including phenoxy) is 1. The van der Waals surface area contributed by atoms with Crippen molar-refractivity contribution < 1.29 is 19.1 Å². The van der Waals surface area contributed by atoms with E-state index in [1.807, 2.05) is 20.8 Å². The van der Waals surface area contributed by atoms with Crippen molar-refractivity contribution in [1.82, 2.24) is 4.90 Å². The molecule has 1 heterocycles. The van der Waals surface area contributed by atoms with Crippen LogP contribution < -0.4 is 0 Å². The van der Waals surface area contributed by atoms with Crippen LogP contribution in [-0.4, -0.2) is 55.3 Å². The van der Waals surface area contributed by atoms with Crippen molar-refractivity contribution in [3.8, 4) is 0 Å². The van der Waals surface area contributed by atoms with E-state index >= 15 is 0 Å². The highest BCUT2D eigenvalue weighted by atomic mass is 28.4. The normalized spacial score (nSPS) is 23.3. The van der Waals surface area contributed by atoms with E-state index in [2.05, 4.69) is 33.9 Å². The second-order valence-corrected chi connectivity index (χ2v) is 13.8. The van der Waals surface area contributed by atoms with Crippen molar-refractivity contribution in [3.63, 3.8) is 0 Å². The van der Waals surface area contributed by atoms with Crippen LogP contribution in [0.4, 0.5) is 4.79 Å². The fourth-order valence-electron chi connectivity index (χ4n) is 2.44. The summed E-state index contributed by atoms with van der Waals surface area (Å²) in [6.45, 7) is 17.1. The summed E-state index contributed by atoms with van der Waals surface area (Å²) in [6.07, 6.45) is 1.29. The molecule has 0 aromatic carbocycles. The maximum absolute atomic E-state index is 12.5. The lowest BCUT2D eigenvalue weighted by atomic mass is 10.2. The topological polar surface area (TPSA) is 59.0 Å². The molecule has 2 atom stereocenters. The SMILES string of the molecule is CC(C)(C)OC(=O)N1[C@@H](CO)CC[C@H]1CO[Si](C)(C)C(C)(C)C. The van der Waals surface area contributed by atoms with Gasteiger partial charge in [0.1, 0.15) is 5.60 Å². The van der Waals surface area contributed by atoms with Gasteiger partial charge in [0.25, 0.3) is 0 Å². The predicted octanol–water partition coefficient (Wildman–Crippen LogP) is 3.77. The Labute approximate surface area is 142 Å². The van der Waals surface area contributed by atoms with Crippen LogP contribution in [0.5, 0.6) is 0 Å². The van der Waals surface area contributed by atoms with Gasteiger partial charge in [-0.1, -0.05) is 20.8 Å². The highest BCUT2D eigenvalue weighted by Crippen LogP contribution is 2.37. The number of rotatable bonds is 4. The Kier molecular flexibility index (Phi) is 6.32. The minimum Gasteiger partial charge on any atom is -0.444 e. The van der Waals surface area contributed by atoms with Crippen LogP contribution in [0.3, 0.4) is 0 Å². The fourth-order valence-corrected chi connectivity index (χ4v) is 3.48. The molecular formula is C17H35NO4Si. The lowest BCUT2D eigenvalue weighted by molar-refractivity contribution is 0.00386. The molecule has 0 bridgehead atoms. The number of aliphatic hydroxyl groups excluding tert-OH is 1. The van der Waals surface area contributed by atoms with Crippen LogP contribution in [0, 0.1) is 0 Å². The Morgan fingerprint density at radius 2 is 1.65 bits per heavy atom. The summed E-state index contributed by atoms with van der Waals surface area (Å²) in [5, 5.41) is 9.71. The molecule has 23 heavy (non-hydrogen) atoms. The van der Waals surface area contributed by atoms with Crippen LogP contribution in [-0.2, 0) is 9.16 Å². The molecule has 1 saturated heterocycles. The summed E-state index contributed by atoms with van der Waals surface area (Å²) in [7, 11) is -1.86. The third kappa shape index (κ3) is 5.47. The molecule has 0 unspecified atom stereocenters. The number of hydrogen-bond donors (Lipinski definition) is 1. The monoisotopic (exact) mass is 345 g/mol. The van der Waals surface area contributed by atoms with E-state index in [0.717, 1.165) is 12.8 Å². The van der Waals surface area contributed by atoms with Crippen molar-refractivity contribution in [2.24, 2.45) is 0 Å². The molecule has 0 spiro atoms. The van der Waals surface area contributed by atoms with Crippen molar-refractivity contribution in [1.29, 1.82) is 0 Å². The van der Waals surface area contributed by atoms with E-state index in [1.54, 1.807) is 4.90 Å². The number of hydrogen-bond acceptors (Lipinski definition) is 4. The molecule has 0 aliphatic carbocycles. The highest BCUT2D eigenvalue weighted by Gasteiger charge is 2.42. The first-order chi connectivity index (χ1) is 10.3. The maximum atomic E-state index is 12.5. The van der Waals surface area contributed by atoms with Gasteiger partial charge in [-0.25, -0.2) is 4.79 Å². The lowest BCUT2D eigenvalue weighted by Gasteiger charge is -2.38. The van der Waals surface area contributed by atoms with Crippen LogP contribution in [0.1, 0.15) is 54.4 Å². The van der Waals surface area contributed by atoms with Crippen molar-refractivity contribution in [2.45, 2.75) is 90.2 Å². The lowest BCUT2D eigenvalue weighted by Crippen LogP contribution is -2.49. The van der Waals surface area contributed by atoms with Crippen LogP contribution in [0.25, 0.3) is 0 Å². The first-order valence-corrected chi connectivity index (χ1v) is 11.5. The largest absolute Gasteiger partial charge is 0.444 e. The molecule has 136 valence electrons. The average Bonchev–Trinajstić information content (AvgIpc) is 2.75. The molecule has 0 aromatic heterocycles. The number of aliphatic hydroxyl groups is 1. The van der Waals surface area contributed by atoms with Gasteiger partial charge in [-0.3, -0.25) is 4.90 Å². The summed E-state index contributed by atoms with van der Waals surface area (Å²) in [5.41, 5.74) is -0.537. The number of nitrogens with zero attached hydrogens (tertiary/aromatic N) is 1. The second kappa shape index (κ2) is 7.11. The third-order valence-corrected chi connectivity index (χ3v) is 9.38. The van der Waals surface area contributed by atoms with Crippen molar-refractivity contribution >= 4 is 14.4 Å². The minimum absolute atomic E-state index is 0.0175. The van der Waals surface area contributed by atoms with Gasteiger partial charge in [0.2, 0.25) is 0 Å². The smallest absolute Gasteiger partial charge is 0.410 e. The molecule has 1 fully saturated rings. The molecule has 1 aliphatic rings. The Bertz CT molecular complexity index is 412. The summed E-state index contributed by atoms with van der Waals surface area (Å²) in [6, 6.07) is -0.186. The molecule has 1 aliphatic heterocycles. The van der Waals surface area contributed by atoms with Gasteiger partial charge in [-0.2, -0.15) is 0 Å². The highest BCUT2D eigenvalue weighted by molar-refractivity contribution is 6.74. The zero-order valence-electron chi connectivity index (χ0n) is 16.1. The van der Waals surface area contributed by atoms with Gasteiger partial charge >= 0.3 is 6.09 Å². The van der Waals surface area contributed by atoms with E-state index < -0.39 is 13.9 Å². The molecule has 6 heteroatoms. The van der Waals surface area contributed by atoms with Gasteiger partial charge in [0.05, 0.1) is 25.3 Å². The second-order valence-electron chi connectivity index (χ2n) is 9.03. The van der Waals surface area contributed by atoms with Gasteiger partial charge in [0, 0.05) is 0 Å². The average molecular weight is 346 g/mol. The summed E-state index contributed by atoms with van der Waals surface area (Å²) in [4.78, 5) is 14.2. The Hall–Kier alpha value is -0.593. The van der Waals surface area contributed by atoms with E-state index in [0.29, 0.717) is 6.61 Å². The summed E-state index contributed by atoms with van der Waals surface area (Å²) in [5.74, 6) is 0. The van der Waals surface area contributed by atoms with Crippen LogP contribution in [0.15, 0.2) is 0 Å². The molecule has 0 saturated carbocycles. The number of carbonyl (C=O) groups is 1. The van der Waals surface area contributed by atoms with E-state index in [9.17, 15) is 9.90 Å². The molecule has 1 N–H and O–H groups in total. The van der Waals surface area contributed by atoms with Crippen LogP contribution >= 0.6 is 0 Å². The van der Waals surface area contributed by atoms with Gasteiger partial charge in [0.15, 0.2) is 8.32 Å². The standard InChI is InChI=1S/C17H35NO4Si/c1-16(2,3)22-15(20)18-13(11-19)9-10-14(18)12-21-23(7,8)17(4,5)6/h13-14,19H,9-12H2,1-8H3/t13-,14+/m1/s1. The predicted molar refractivity (Wildman–Crippen MR) is 95.1 cm³/mol. The van der Waals surface area contributed by atoms with Gasteiger partial charge < -0.3 is 14.3 Å². The molecule has 0 radical (unpaired) electrons. The van der Waals surface area contributed by atoms with E-state index in [1.165, 1.54) is 0 Å².